The maximum atomic E-state index is 12.9. The van der Waals surface area contributed by atoms with Crippen LogP contribution in [0.4, 0.5) is 36.4 Å². The number of pyridine rings is 1. The Morgan fingerprint density at radius 3 is 2.68 bits per heavy atom. The first-order valence-corrected chi connectivity index (χ1v) is 7.10. The molecule has 0 fully saturated rings. The summed E-state index contributed by atoms with van der Waals surface area (Å²) >= 11 is 0. The molecule has 0 radical (unpaired) electrons. The predicted octanol–water partition coefficient (Wildman–Crippen LogP) is 3.79. The highest BCUT2D eigenvalue weighted by Gasteiger charge is 2.35. The Bertz CT molecular complexity index is 985. The first kappa shape index (κ1) is 16.5. The van der Waals surface area contributed by atoms with Gasteiger partial charge in [-0.15, -0.1) is 0 Å². The molecule has 2 N–H and O–H groups in total. The van der Waals surface area contributed by atoms with Crippen LogP contribution in [-0.2, 0) is 6.18 Å². The third-order valence-electron chi connectivity index (χ3n) is 3.49. The van der Waals surface area contributed by atoms with E-state index in [4.69, 9.17) is 6.57 Å². The van der Waals surface area contributed by atoms with Crippen molar-refractivity contribution in [2.24, 2.45) is 0 Å². The van der Waals surface area contributed by atoms with Crippen LogP contribution in [0.5, 0.6) is 0 Å². The molecule has 3 heterocycles. The average molecular weight is 347 g/mol. The number of anilines is 3. The SMILES string of the molecule is [C-]#[N+]c1cccc2c(Nc3ncc(C(F)(F)F)c(NC)n3)c(C)nn12. The van der Waals surface area contributed by atoms with E-state index in [0.29, 0.717) is 28.9 Å². The average Bonchev–Trinajstić information content (AvgIpc) is 2.89. The molecule has 0 aromatic carbocycles. The Labute approximate surface area is 140 Å². The molecule has 0 saturated heterocycles. The molecule has 0 amide bonds. The highest BCUT2D eigenvalue weighted by molar-refractivity contribution is 5.79. The van der Waals surface area contributed by atoms with E-state index in [-0.39, 0.29) is 11.8 Å². The molecule has 0 spiro atoms. The van der Waals surface area contributed by atoms with Gasteiger partial charge in [-0.1, -0.05) is 17.7 Å². The first-order valence-electron chi connectivity index (χ1n) is 7.10. The molecule has 128 valence electrons. The molecule has 0 aliphatic rings. The molecular formula is C15H12F3N7. The third kappa shape index (κ3) is 2.91. The summed E-state index contributed by atoms with van der Waals surface area (Å²) < 4.78 is 40.2. The highest BCUT2D eigenvalue weighted by Crippen LogP contribution is 2.34. The van der Waals surface area contributed by atoms with E-state index >= 15 is 0 Å². The molecular weight excluding hydrogens is 335 g/mol. The number of hydrogen-bond acceptors (Lipinski definition) is 5. The second-order valence-corrected chi connectivity index (χ2v) is 5.08. The van der Waals surface area contributed by atoms with Gasteiger partial charge in [0.2, 0.25) is 5.95 Å². The molecule has 10 heteroatoms. The van der Waals surface area contributed by atoms with Crippen LogP contribution in [0, 0.1) is 13.5 Å². The van der Waals surface area contributed by atoms with Crippen LogP contribution in [0.15, 0.2) is 24.4 Å². The van der Waals surface area contributed by atoms with Crippen molar-refractivity contribution in [3.05, 3.63) is 47.1 Å². The minimum absolute atomic E-state index is 0.0106. The molecule has 0 aliphatic heterocycles. The standard InChI is InChI=1S/C15H12F3N7/c1-8-12(10-5-4-6-11(19-2)25(10)24-8)22-14-21-7-9(15(16,17)18)13(20-3)23-14/h4-7H,1,3H3,(H2,20,21,22,23). The maximum absolute atomic E-state index is 12.9. The van der Waals surface area contributed by atoms with Crippen molar-refractivity contribution in [3.63, 3.8) is 0 Å². The molecule has 7 nitrogen and oxygen atoms in total. The lowest BCUT2D eigenvalue weighted by atomic mass is 10.3. The quantitative estimate of drug-likeness (QED) is 0.706. The van der Waals surface area contributed by atoms with Gasteiger partial charge in [0.1, 0.15) is 22.8 Å². The number of aryl methyl sites for hydroxylation is 1. The van der Waals surface area contributed by atoms with Crippen LogP contribution >= 0.6 is 0 Å². The predicted molar refractivity (Wildman–Crippen MR) is 86.1 cm³/mol. The number of rotatable bonds is 3. The van der Waals surface area contributed by atoms with Gasteiger partial charge in [0, 0.05) is 13.2 Å². The van der Waals surface area contributed by atoms with Crippen molar-refractivity contribution in [1.82, 2.24) is 19.6 Å². The summed E-state index contributed by atoms with van der Waals surface area (Å²) in [6.45, 7) is 8.88. The van der Waals surface area contributed by atoms with E-state index < -0.39 is 11.7 Å². The van der Waals surface area contributed by atoms with Crippen LogP contribution in [0.2, 0.25) is 0 Å². The second-order valence-electron chi connectivity index (χ2n) is 5.08. The molecule has 0 atom stereocenters. The molecule has 0 unspecified atom stereocenters. The summed E-state index contributed by atoms with van der Waals surface area (Å²) in [7, 11) is 1.35. The fourth-order valence-electron chi connectivity index (χ4n) is 2.36. The molecule has 3 aromatic rings. The van der Waals surface area contributed by atoms with Crippen molar-refractivity contribution in [1.29, 1.82) is 0 Å². The summed E-state index contributed by atoms with van der Waals surface area (Å²) in [5.41, 5.74) is 0.728. The van der Waals surface area contributed by atoms with E-state index in [1.54, 1.807) is 25.1 Å². The molecule has 3 aromatic heterocycles. The second kappa shape index (κ2) is 5.94. The monoisotopic (exact) mass is 347 g/mol. The van der Waals surface area contributed by atoms with Crippen molar-refractivity contribution < 1.29 is 13.2 Å². The molecule has 0 saturated carbocycles. The number of hydrogen-bond donors (Lipinski definition) is 2. The molecule has 25 heavy (non-hydrogen) atoms. The number of halogens is 3. The lowest BCUT2D eigenvalue weighted by Crippen LogP contribution is -2.12. The maximum Gasteiger partial charge on any atom is 0.421 e. The Balaban J connectivity index is 2.05. The van der Waals surface area contributed by atoms with Gasteiger partial charge in [-0.25, -0.2) is 4.98 Å². The van der Waals surface area contributed by atoms with Crippen LogP contribution < -0.4 is 10.6 Å². The number of aromatic nitrogens is 4. The van der Waals surface area contributed by atoms with E-state index in [2.05, 4.69) is 30.5 Å². The molecule has 0 aliphatic carbocycles. The lowest BCUT2D eigenvalue weighted by molar-refractivity contribution is -0.137. The molecule has 0 bridgehead atoms. The van der Waals surface area contributed by atoms with Crippen molar-refractivity contribution in [3.8, 4) is 0 Å². The van der Waals surface area contributed by atoms with Gasteiger partial charge in [-0.3, -0.25) is 0 Å². The number of nitrogens with one attached hydrogen (secondary N) is 2. The van der Waals surface area contributed by atoms with Gasteiger partial charge < -0.3 is 15.5 Å². The topological polar surface area (TPSA) is 71.5 Å². The van der Waals surface area contributed by atoms with Crippen LogP contribution in [0.1, 0.15) is 11.3 Å². The zero-order chi connectivity index (χ0) is 18.2. The van der Waals surface area contributed by atoms with Gasteiger partial charge in [0.15, 0.2) is 5.52 Å². The Morgan fingerprint density at radius 2 is 2.04 bits per heavy atom. The van der Waals surface area contributed by atoms with E-state index in [0.717, 1.165) is 0 Å². The minimum atomic E-state index is -4.55. The summed E-state index contributed by atoms with van der Waals surface area (Å²) in [4.78, 5) is 11.0. The number of alkyl halides is 3. The Morgan fingerprint density at radius 1 is 1.28 bits per heavy atom. The normalized spacial score (nSPS) is 11.4. The van der Waals surface area contributed by atoms with Gasteiger partial charge >= 0.3 is 6.18 Å². The summed E-state index contributed by atoms with van der Waals surface area (Å²) in [5, 5.41) is 9.57. The van der Waals surface area contributed by atoms with Gasteiger partial charge in [-0.2, -0.15) is 22.7 Å². The Kier molecular flexibility index (Phi) is 3.92. The van der Waals surface area contributed by atoms with Gasteiger partial charge in [0.05, 0.1) is 0 Å². The van der Waals surface area contributed by atoms with E-state index in [1.165, 1.54) is 11.6 Å². The molecule has 3 rings (SSSR count). The fraction of sp³-hybridized carbons (Fsp3) is 0.200. The smallest absolute Gasteiger partial charge is 0.372 e. The first-order chi connectivity index (χ1) is 11.8. The van der Waals surface area contributed by atoms with Crippen LogP contribution in [-0.4, -0.2) is 26.6 Å². The lowest BCUT2D eigenvalue weighted by Gasteiger charge is -2.12. The van der Waals surface area contributed by atoms with Crippen molar-refractivity contribution >= 4 is 28.8 Å². The van der Waals surface area contributed by atoms with Crippen LogP contribution in [0.25, 0.3) is 10.4 Å². The van der Waals surface area contributed by atoms with Crippen molar-refractivity contribution in [2.45, 2.75) is 13.1 Å². The van der Waals surface area contributed by atoms with Gasteiger partial charge in [0.25, 0.3) is 5.82 Å². The number of fused-ring (bicyclic) bond motifs is 1. The summed E-state index contributed by atoms with van der Waals surface area (Å²) in [6, 6.07) is 5.05. The van der Waals surface area contributed by atoms with E-state index in [1.807, 2.05) is 0 Å². The van der Waals surface area contributed by atoms with Crippen LogP contribution in [0.3, 0.4) is 0 Å². The zero-order valence-electron chi connectivity index (χ0n) is 13.2. The largest absolute Gasteiger partial charge is 0.421 e. The minimum Gasteiger partial charge on any atom is -0.372 e. The number of nitrogens with zero attached hydrogens (tertiary/aromatic N) is 5. The van der Waals surface area contributed by atoms with Crippen molar-refractivity contribution in [2.75, 3.05) is 17.7 Å². The Hall–Kier alpha value is -3.35. The summed E-state index contributed by atoms with van der Waals surface area (Å²) in [5.74, 6) is -0.0255. The van der Waals surface area contributed by atoms with Gasteiger partial charge in [-0.05, 0) is 19.1 Å². The zero-order valence-corrected chi connectivity index (χ0v) is 13.2. The fourth-order valence-corrected chi connectivity index (χ4v) is 2.36. The highest BCUT2D eigenvalue weighted by atomic mass is 19.4. The third-order valence-corrected chi connectivity index (χ3v) is 3.49. The van der Waals surface area contributed by atoms with E-state index in [9.17, 15) is 13.2 Å². The summed E-state index contributed by atoms with van der Waals surface area (Å²) in [6.07, 6.45) is -3.84.